The topological polar surface area (TPSA) is 93.5 Å². The molecule has 1 N–H and O–H groups in total. The van der Waals surface area contributed by atoms with Gasteiger partial charge in [0.25, 0.3) is 11.8 Å². The first-order chi connectivity index (χ1) is 15.9. The van der Waals surface area contributed by atoms with Crippen LogP contribution in [0.1, 0.15) is 29.0 Å². The van der Waals surface area contributed by atoms with E-state index in [2.05, 4.69) is 10.4 Å². The zero-order valence-electron chi connectivity index (χ0n) is 18.1. The predicted molar refractivity (Wildman–Crippen MR) is 120 cm³/mol. The monoisotopic (exact) mass is 450 g/mol. The Morgan fingerprint density at radius 2 is 1.85 bits per heavy atom. The number of likely N-dealkylation sites (tertiary alicyclic amines) is 1. The maximum atomic E-state index is 14.2. The molecule has 0 spiro atoms. The minimum Gasteiger partial charge on any atom is -0.484 e. The number of aromatic nitrogens is 2. The van der Waals surface area contributed by atoms with Crippen LogP contribution in [-0.2, 0) is 4.79 Å². The second kappa shape index (κ2) is 9.64. The zero-order chi connectivity index (χ0) is 23.4. The molecule has 1 aromatic heterocycles. The van der Waals surface area contributed by atoms with Crippen LogP contribution in [0.3, 0.4) is 0 Å². The highest BCUT2D eigenvalue weighted by Crippen LogP contribution is 2.19. The highest BCUT2D eigenvalue weighted by Gasteiger charge is 2.19. The van der Waals surface area contributed by atoms with E-state index in [1.54, 1.807) is 42.2 Å². The van der Waals surface area contributed by atoms with Crippen LogP contribution in [0.5, 0.6) is 5.75 Å². The first-order valence-electron chi connectivity index (χ1n) is 10.6. The Kier molecular flexibility index (Phi) is 6.48. The van der Waals surface area contributed by atoms with Crippen molar-refractivity contribution >= 4 is 17.5 Å². The van der Waals surface area contributed by atoms with Gasteiger partial charge in [-0.05, 0) is 44.0 Å². The fraction of sp³-hybridized carbons (Fsp3) is 0.250. The van der Waals surface area contributed by atoms with Crippen molar-refractivity contribution in [2.45, 2.75) is 19.8 Å². The fourth-order valence-electron chi connectivity index (χ4n) is 3.63. The molecule has 0 saturated carbocycles. The van der Waals surface area contributed by atoms with Crippen LogP contribution in [-0.4, -0.2) is 46.2 Å². The Bertz CT molecular complexity index is 1250. The van der Waals surface area contributed by atoms with Crippen molar-refractivity contribution in [3.8, 4) is 11.4 Å². The van der Waals surface area contributed by atoms with Gasteiger partial charge in [-0.1, -0.05) is 18.2 Å². The molecule has 8 nitrogen and oxygen atoms in total. The van der Waals surface area contributed by atoms with E-state index in [4.69, 9.17) is 4.74 Å². The summed E-state index contributed by atoms with van der Waals surface area (Å²) < 4.78 is 21.0. The minimum atomic E-state index is -0.740. The van der Waals surface area contributed by atoms with Crippen molar-refractivity contribution in [2.24, 2.45) is 0 Å². The number of hydrogen-bond acceptors (Lipinski definition) is 5. The van der Waals surface area contributed by atoms with Gasteiger partial charge in [0.1, 0.15) is 17.3 Å². The van der Waals surface area contributed by atoms with Crippen molar-refractivity contribution in [1.29, 1.82) is 0 Å². The van der Waals surface area contributed by atoms with Crippen molar-refractivity contribution in [3.63, 3.8) is 0 Å². The maximum Gasteiger partial charge on any atom is 0.280 e. The summed E-state index contributed by atoms with van der Waals surface area (Å²) in [7, 11) is 0. The molecule has 170 valence electrons. The number of ether oxygens (including phenoxy) is 1. The third-order valence-electron chi connectivity index (χ3n) is 5.32. The normalized spacial score (nSPS) is 13.1. The Morgan fingerprint density at radius 3 is 2.61 bits per heavy atom. The van der Waals surface area contributed by atoms with Gasteiger partial charge in [-0.3, -0.25) is 14.4 Å². The number of aryl methyl sites for hydroxylation is 1. The standard InChI is InChI=1S/C24H23FN4O4/c1-16-13-21(30)23(27-29(16)20-10-3-2-9-19(20)25)24(32)26-17-7-6-8-18(14-17)33-15-22(31)28-11-4-5-12-28/h2-3,6-10,13-14H,4-5,11-12,15H2,1H3,(H,26,32). The number of carbonyl (C=O) groups is 2. The number of nitrogens with one attached hydrogen (secondary N) is 1. The SMILES string of the molecule is Cc1cc(=O)c(C(=O)Nc2cccc(OCC(=O)N3CCCC3)c2)nn1-c1ccccc1F. The molecular weight excluding hydrogens is 427 g/mol. The molecule has 1 fully saturated rings. The van der Waals surface area contributed by atoms with Crippen molar-refractivity contribution in [3.05, 3.63) is 82.0 Å². The number of hydrogen-bond donors (Lipinski definition) is 1. The highest BCUT2D eigenvalue weighted by molar-refractivity contribution is 6.02. The van der Waals surface area contributed by atoms with Crippen LogP contribution >= 0.6 is 0 Å². The number of anilines is 1. The van der Waals surface area contributed by atoms with E-state index in [9.17, 15) is 18.8 Å². The molecule has 1 saturated heterocycles. The molecule has 0 radical (unpaired) electrons. The molecule has 33 heavy (non-hydrogen) atoms. The summed E-state index contributed by atoms with van der Waals surface area (Å²) in [6, 6.07) is 13.7. The number of nitrogens with zero attached hydrogens (tertiary/aromatic N) is 3. The Hall–Kier alpha value is -4.01. The van der Waals surface area contributed by atoms with E-state index in [-0.39, 0.29) is 23.9 Å². The summed E-state index contributed by atoms with van der Waals surface area (Å²) in [6.07, 6.45) is 2.00. The van der Waals surface area contributed by atoms with Crippen LogP contribution < -0.4 is 15.5 Å². The number of carbonyl (C=O) groups excluding carboxylic acids is 2. The quantitative estimate of drug-likeness (QED) is 0.623. The molecular formula is C24H23FN4O4. The van der Waals surface area contributed by atoms with E-state index in [1.807, 2.05) is 0 Å². The van der Waals surface area contributed by atoms with Gasteiger partial charge in [0.15, 0.2) is 12.3 Å². The highest BCUT2D eigenvalue weighted by atomic mass is 19.1. The largest absolute Gasteiger partial charge is 0.484 e. The van der Waals surface area contributed by atoms with Crippen LogP contribution in [0.4, 0.5) is 10.1 Å². The lowest BCUT2D eigenvalue weighted by molar-refractivity contribution is -0.132. The molecule has 1 aliphatic heterocycles. The maximum absolute atomic E-state index is 14.2. The van der Waals surface area contributed by atoms with Crippen LogP contribution in [0.2, 0.25) is 0 Å². The van der Waals surface area contributed by atoms with Gasteiger partial charge in [0.05, 0.1) is 0 Å². The molecule has 0 unspecified atom stereocenters. The number of amides is 2. The first-order valence-corrected chi connectivity index (χ1v) is 10.6. The van der Waals surface area contributed by atoms with Gasteiger partial charge < -0.3 is 15.0 Å². The lowest BCUT2D eigenvalue weighted by Crippen LogP contribution is -2.32. The van der Waals surface area contributed by atoms with E-state index in [0.29, 0.717) is 17.1 Å². The van der Waals surface area contributed by atoms with Crippen molar-refractivity contribution < 1.29 is 18.7 Å². The Labute approximate surface area is 189 Å². The van der Waals surface area contributed by atoms with E-state index >= 15 is 0 Å². The lowest BCUT2D eigenvalue weighted by atomic mass is 10.2. The second-order valence-corrected chi connectivity index (χ2v) is 7.72. The van der Waals surface area contributed by atoms with Crippen molar-refractivity contribution in [1.82, 2.24) is 14.7 Å². The summed E-state index contributed by atoms with van der Waals surface area (Å²) in [5.74, 6) is -0.952. The van der Waals surface area contributed by atoms with Gasteiger partial charge >= 0.3 is 0 Å². The first kappa shape index (κ1) is 22.2. The fourth-order valence-corrected chi connectivity index (χ4v) is 3.63. The molecule has 0 atom stereocenters. The molecule has 2 aromatic carbocycles. The molecule has 0 aliphatic carbocycles. The molecule has 2 amide bonds. The third-order valence-corrected chi connectivity index (χ3v) is 5.32. The minimum absolute atomic E-state index is 0.0838. The Balaban J connectivity index is 1.50. The van der Waals surface area contributed by atoms with Crippen LogP contribution in [0.25, 0.3) is 5.69 Å². The van der Waals surface area contributed by atoms with Crippen LogP contribution in [0, 0.1) is 12.7 Å². The Morgan fingerprint density at radius 1 is 1.09 bits per heavy atom. The number of rotatable bonds is 6. The molecule has 2 heterocycles. The molecule has 9 heteroatoms. The summed E-state index contributed by atoms with van der Waals surface area (Å²) in [6.45, 7) is 3.00. The van der Waals surface area contributed by atoms with Crippen molar-refractivity contribution in [2.75, 3.05) is 25.0 Å². The van der Waals surface area contributed by atoms with Gasteiger partial charge in [-0.25, -0.2) is 9.07 Å². The molecule has 0 bridgehead atoms. The number of halogens is 1. The van der Waals surface area contributed by atoms with Gasteiger partial charge in [-0.2, -0.15) is 5.10 Å². The van der Waals surface area contributed by atoms with Gasteiger partial charge in [0.2, 0.25) is 5.43 Å². The third kappa shape index (κ3) is 5.08. The van der Waals surface area contributed by atoms with E-state index in [0.717, 1.165) is 25.9 Å². The zero-order valence-corrected chi connectivity index (χ0v) is 18.1. The smallest absolute Gasteiger partial charge is 0.280 e. The van der Waals surface area contributed by atoms with Gasteiger partial charge in [-0.15, -0.1) is 0 Å². The molecule has 4 rings (SSSR count). The molecule has 1 aliphatic rings. The average Bonchev–Trinajstić information content (AvgIpc) is 3.34. The second-order valence-electron chi connectivity index (χ2n) is 7.72. The summed E-state index contributed by atoms with van der Waals surface area (Å²) in [5, 5.41) is 6.71. The van der Waals surface area contributed by atoms with E-state index in [1.165, 1.54) is 28.9 Å². The predicted octanol–water partition coefficient (Wildman–Crippen LogP) is 2.93. The summed E-state index contributed by atoms with van der Waals surface area (Å²) in [4.78, 5) is 39.1. The van der Waals surface area contributed by atoms with Gasteiger partial charge in [0, 0.05) is 36.6 Å². The van der Waals surface area contributed by atoms with Crippen LogP contribution in [0.15, 0.2) is 59.4 Å². The molecule has 3 aromatic rings. The number of para-hydroxylation sites is 1. The number of benzene rings is 2. The van der Waals surface area contributed by atoms with E-state index < -0.39 is 17.2 Å². The lowest BCUT2D eigenvalue weighted by Gasteiger charge is -2.16. The average molecular weight is 450 g/mol. The summed E-state index contributed by atoms with van der Waals surface area (Å²) >= 11 is 0. The summed E-state index contributed by atoms with van der Waals surface area (Å²) in [5.41, 5.74) is -0.0761.